The normalized spacial score (nSPS) is 24.2. The molecule has 0 spiro atoms. The lowest BCUT2D eigenvalue weighted by Gasteiger charge is -2.05. The van der Waals surface area contributed by atoms with Crippen molar-refractivity contribution in [2.24, 2.45) is 11.7 Å². The summed E-state index contributed by atoms with van der Waals surface area (Å²) in [5, 5.41) is -0.396. The molecule has 0 aromatic heterocycles. The minimum absolute atomic E-state index is 0.0117. The summed E-state index contributed by atoms with van der Waals surface area (Å²) in [5.41, 5.74) is 8.16. The summed E-state index contributed by atoms with van der Waals surface area (Å²) in [5.74, 6) is 0.0267. The quantitative estimate of drug-likeness (QED) is 0.923. The zero-order valence-electron chi connectivity index (χ0n) is 12.6. The van der Waals surface area contributed by atoms with Gasteiger partial charge in [-0.05, 0) is 42.1 Å². The molecule has 0 bridgehead atoms. The lowest BCUT2D eigenvalue weighted by molar-refractivity contribution is 0.591. The molecule has 1 aliphatic rings. The molecule has 0 radical (unpaired) electrons. The van der Waals surface area contributed by atoms with E-state index < -0.39 is 15.1 Å². The molecule has 0 heterocycles. The van der Waals surface area contributed by atoms with Gasteiger partial charge < -0.3 is 5.73 Å². The van der Waals surface area contributed by atoms with E-state index in [0.717, 1.165) is 12.0 Å². The van der Waals surface area contributed by atoms with E-state index >= 15 is 0 Å². The van der Waals surface area contributed by atoms with E-state index in [1.165, 1.54) is 5.56 Å². The van der Waals surface area contributed by atoms with Crippen molar-refractivity contribution in [1.29, 1.82) is 0 Å². The zero-order chi connectivity index (χ0) is 15.7. The number of benzene rings is 2. The smallest absolute Gasteiger partial charge is 0.182 e. The first-order valence-electron chi connectivity index (χ1n) is 7.67. The Bertz CT molecular complexity index is 738. The van der Waals surface area contributed by atoms with Crippen LogP contribution in [0.3, 0.4) is 0 Å². The highest BCUT2D eigenvalue weighted by Crippen LogP contribution is 2.53. The number of sulfone groups is 1. The Labute approximate surface area is 132 Å². The maximum absolute atomic E-state index is 12.8. The van der Waals surface area contributed by atoms with Gasteiger partial charge in [-0.1, -0.05) is 49.4 Å². The van der Waals surface area contributed by atoms with Crippen molar-refractivity contribution in [3.8, 4) is 0 Å². The van der Waals surface area contributed by atoms with Gasteiger partial charge in [0.25, 0.3) is 0 Å². The fourth-order valence-electron chi connectivity index (χ4n) is 3.23. The van der Waals surface area contributed by atoms with Crippen LogP contribution in [0.25, 0.3) is 0 Å². The average molecular weight is 315 g/mol. The first kappa shape index (κ1) is 15.3. The van der Waals surface area contributed by atoms with Crippen molar-refractivity contribution in [3.63, 3.8) is 0 Å². The van der Waals surface area contributed by atoms with Crippen molar-refractivity contribution in [3.05, 3.63) is 65.7 Å². The van der Waals surface area contributed by atoms with Crippen molar-refractivity contribution < 1.29 is 8.42 Å². The Morgan fingerprint density at radius 1 is 1.00 bits per heavy atom. The third-order valence-corrected chi connectivity index (χ3v) is 6.86. The van der Waals surface area contributed by atoms with E-state index in [1.54, 1.807) is 24.3 Å². The molecular weight excluding hydrogens is 294 g/mol. The second-order valence-electron chi connectivity index (χ2n) is 5.84. The summed E-state index contributed by atoms with van der Waals surface area (Å²) < 4.78 is 25.6. The highest BCUT2D eigenvalue weighted by molar-refractivity contribution is 7.92. The third kappa shape index (κ3) is 2.57. The molecule has 3 nitrogen and oxygen atoms in total. The van der Waals surface area contributed by atoms with Gasteiger partial charge in [0, 0.05) is 5.92 Å². The minimum atomic E-state index is -3.32. The largest absolute Gasteiger partial charge is 0.330 e. The average Bonchev–Trinajstić information content (AvgIpc) is 3.31. The highest BCUT2D eigenvalue weighted by Gasteiger charge is 2.57. The van der Waals surface area contributed by atoms with Crippen LogP contribution in [0.15, 0.2) is 59.5 Å². The summed E-state index contributed by atoms with van der Waals surface area (Å²) in [6.07, 6.45) is 0.983. The fourth-order valence-corrected chi connectivity index (χ4v) is 5.47. The predicted molar refractivity (Wildman–Crippen MR) is 88.5 cm³/mol. The van der Waals surface area contributed by atoms with Crippen LogP contribution in [0.4, 0.5) is 0 Å². The van der Waals surface area contributed by atoms with Crippen LogP contribution in [0.5, 0.6) is 0 Å². The molecule has 1 fully saturated rings. The molecule has 1 aliphatic carbocycles. The number of hydrogen-bond acceptors (Lipinski definition) is 3. The molecule has 2 N–H and O–H groups in total. The fraction of sp³-hybridized carbons (Fsp3) is 0.333. The van der Waals surface area contributed by atoms with Crippen molar-refractivity contribution in [2.75, 3.05) is 6.54 Å². The number of nitrogens with two attached hydrogens (primary N) is 1. The standard InChI is InChI=1S/C18H21NO2S/c1-2-13-8-10-14(11-9-13)17-16(12-19)18(17)22(20,21)15-6-4-3-5-7-15/h3-11,16-18H,2,12,19H2,1H3/t16-,17+,18+/m1/s1. The van der Waals surface area contributed by atoms with Gasteiger partial charge in [-0.3, -0.25) is 0 Å². The Morgan fingerprint density at radius 2 is 1.64 bits per heavy atom. The van der Waals surface area contributed by atoms with Gasteiger partial charge in [0.05, 0.1) is 10.1 Å². The van der Waals surface area contributed by atoms with E-state index in [1.807, 2.05) is 18.2 Å². The van der Waals surface area contributed by atoms with E-state index in [4.69, 9.17) is 5.73 Å². The van der Waals surface area contributed by atoms with Crippen LogP contribution in [0, 0.1) is 5.92 Å². The first-order chi connectivity index (χ1) is 10.6. The number of rotatable bonds is 5. The zero-order valence-corrected chi connectivity index (χ0v) is 13.5. The van der Waals surface area contributed by atoms with Crippen molar-refractivity contribution in [2.45, 2.75) is 29.4 Å². The molecule has 3 atom stereocenters. The predicted octanol–water partition coefficient (Wildman–Crippen LogP) is 2.76. The Balaban J connectivity index is 1.91. The van der Waals surface area contributed by atoms with Crippen LogP contribution in [-0.2, 0) is 16.3 Å². The second-order valence-corrected chi connectivity index (χ2v) is 7.95. The van der Waals surface area contributed by atoms with Crippen LogP contribution in [0.2, 0.25) is 0 Å². The monoisotopic (exact) mass is 315 g/mol. The lowest BCUT2D eigenvalue weighted by atomic mass is 10.1. The van der Waals surface area contributed by atoms with E-state index in [9.17, 15) is 8.42 Å². The van der Waals surface area contributed by atoms with E-state index in [0.29, 0.717) is 11.4 Å². The lowest BCUT2D eigenvalue weighted by Crippen LogP contribution is -2.13. The second kappa shape index (κ2) is 5.86. The van der Waals surface area contributed by atoms with Gasteiger partial charge in [-0.25, -0.2) is 8.42 Å². The Kier molecular flexibility index (Phi) is 4.06. The summed E-state index contributed by atoms with van der Waals surface area (Å²) >= 11 is 0. The number of hydrogen-bond donors (Lipinski definition) is 1. The molecular formula is C18H21NO2S. The van der Waals surface area contributed by atoms with Gasteiger partial charge in [-0.15, -0.1) is 0 Å². The Morgan fingerprint density at radius 3 is 2.18 bits per heavy atom. The summed E-state index contributed by atoms with van der Waals surface area (Å²) in [7, 11) is -3.32. The van der Waals surface area contributed by atoms with Gasteiger partial charge in [0.2, 0.25) is 0 Å². The Hall–Kier alpha value is -1.65. The summed E-state index contributed by atoms with van der Waals surface area (Å²) in [6.45, 7) is 2.51. The molecule has 22 heavy (non-hydrogen) atoms. The molecule has 1 saturated carbocycles. The topological polar surface area (TPSA) is 60.2 Å². The SMILES string of the molecule is CCc1ccc([C@H]2[C@@H](CN)[C@@H]2S(=O)(=O)c2ccccc2)cc1. The molecule has 0 aliphatic heterocycles. The van der Waals surface area contributed by atoms with Crippen LogP contribution < -0.4 is 5.73 Å². The summed E-state index contributed by atoms with van der Waals surface area (Å²) in [4.78, 5) is 0.395. The molecule has 0 unspecified atom stereocenters. The van der Waals surface area contributed by atoms with Crippen LogP contribution >= 0.6 is 0 Å². The van der Waals surface area contributed by atoms with Gasteiger partial charge in [-0.2, -0.15) is 0 Å². The molecule has 2 aromatic rings. The highest BCUT2D eigenvalue weighted by atomic mass is 32.2. The molecule has 4 heteroatoms. The molecule has 3 rings (SSSR count). The summed E-state index contributed by atoms with van der Waals surface area (Å²) in [6, 6.07) is 16.9. The van der Waals surface area contributed by atoms with Gasteiger partial charge >= 0.3 is 0 Å². The maximum Gasteiger partial charge on any atom is 0.182 e. The van der Waals surface area contributed by atoms with Crippen LogP contribution in [0.1, 0.15) is 24.0 Å². The van der Waals surface area contributed by atoms with E-state index in [2.05, 4.69) is 19.1 Å². The van der Waals surface area contributed by atoms with Crippen LogP contribution in [-0.4, -0.2) is 20.2 Å². The third-order valence-electron chi connectivity index (χ3n) is 4.57. The maximum atomic E-state index is 12.8. The molecule has 0 amide bonds. The van der Waals surface area contributed by atoms with E-state index in [-0.39, 0.29) is 11.8 Å². The van der Waals surface area contributed by atoms with Gasteiger partial charge in [0.1, 0.15) is 0 Å². The van der Waals surface area contributed by atoms with Crippen molar-refractivity contribution >= 4 is 9.84 Å². The first-order valence-corrected chi connectivity index (χ1v) is 9.22. The minimum Gasteiger partial charge on any atom is -0.330 e. The van der Waals surface area contributed by atoms with Crippen molar-refractivity contribution in [1.82, 2.24) is 0 Å². The molecule has 0 saturated heterocycles. The van der Waals surface area contributed by atoms with Gasteiger partial charge in [0.15, 0.2) is 9.84 Å². The molecule has 2 aromatic carbocycles. The molecule has 116 valence electrons. The number of aryl methyl sites for hydroxylation is 1.